The number of aliphatic hydroxyl groups excluding tert-OH is 1. The van der Waals surface area contributed by atoms with E-state index in [0.29, 0.717) is 19.2 Å². The van der Waals surface area contributed by atoms with Crippen LogP contribution >= 0.6 is 0 Å². The van der Waals surface area contributed by atoms with Crippen molar-refractivity contribution in [1.82, 2.24) is 10.2 Å². The first kappa shape index (κ1) is 17.2. The van der Waals surface area contributed by atoms with E-state index in [9.17, 15) is 5.11 Å². The Hall–Kier alpha value is -1.20. The van der Waals surface area contributed by atoms with Gasteiger partial charge in [-0.3, -0.25) is 0 Å². The Balaban J connectivity index is 1.60. The molecule has 1 fully saturated rings. The van der Waals surface area contributed by atoms with Gasteiger partial charge in [0, 0.05) is 26.2 Å². The third kappa shape index (κ3) is 6.28. The van der Waals surface area contributed by atoms with E-state index in [-0.39, 0.29) is 6.10 Å². The molecule has 0 amide bonds. The topological polar surface area (TPSA) is 44.7 Å². The lowest BCUT2D eigenvalue weighted by molar-refractivity contribution is 0.0312. The molecule has 0 aromatic heterocycles. The Kier molecular flexibility index (Phi) is 7.60. The van der Waals surface area contributed by atoms with E-state index >= 15 is 0 Å². The summed E-state index contributed by atoms with van der Waals surface area (Å²) in [6.07, 6.45) is 6.24. The average Bonchev–Trinajstić information content (AvgIpc) is 2.54. The molecule has 1 aliphatic heterocycles. The van der Waals surface area contributed by atoms with Gasteiger partial charge in [0.1, 0.15) is 0 Å². The molecule has 1 unspecified atom stereocenters. The molecule has 0 aliphatic carbocycles. The maximum absolute atomic E-state index is 9.76. The number of nitrogens with one attached hydrogen (secondary N) is 1. The second-order valence-electron chi connectivity index (χ2n) is 5.91. The van der Waals surface area contributed by atoms with E-state index in [4.69, 9.17) is 4.74 Å². The van der Waals surface area contributed by atoms with Crippen molar-refractivity contribution in [3.8, 4) is 0 Å². The number of nitrogens with zero attached hydrogens (tertiary/aromatic N) is 1. The van der Waals surface area contributed by atoms with Crippen LogP contribution in [0.25, 0.3) is 6.08 Å². The quantitative estimate of drug-likeness (QED) is 0.768. The minimum Gasteiger partial charge on any atom is -0.389 e. The van der Waals surface area contributed by atoms with Gasteiger partial charge in [0.2, 0.25) is 0 Å². The molecular weight excluding hydrogens is 276 g/mol. The monoisotopic (exact) mass is 304 g/mol. The Morgan fingerprint density at radius 1 is 1.32 bits per heavy atom. The van der Waals surface area contributed by atoms with Crippen molar-refractivity contribution in [2.24, 2.45) is 0 Å². The number of piperidine rings is 1. The van der Waals surface area contributed by atoms with Crippen LogP contribution < -0.4 is 5.32 Å². The molecule has 22 heavy (non-hydrogen) atoms. The fraction of sp³-hybridized carbons (Fsp3) is 0.556. The number of rotatable bonds is 8. The Morgan fingerprint density at radius 2 is 2.05 bits per heavy atom. The zero-order valence-corrected chi connectivity index (χ0v) is 13.4. The molecule has 122 valence electrons. The molecule has 1 heterocycles. The number of methoxy groups -OCH3 is 1. The third-order valence-corrected chi connectivity index (χ3v) is 4.05. The number of benzene rings is 1. The number of aliphatic hydroxyl groups is 1. The van der Waals surface area contributed by atoms with Crippen LogP contribution in [-0.4, -0.2) is 62.0 Å². The maximum atomic E-state index is 9.76. The summed E-state index contributed by atoms with van der Waals surface area (Å²) < 4.78 is 4.97. The summed E-state index contributed by atoms with van der Waals surface area (Å²) in [4.78, 5) is 2.32. The normalized spacial score (nSPS) is 18.8. The van der Waals surface area contributed by atoms with Gasteiger partial charge in [-0.2, -0.15) is 0 Å². The van der Waals surface area contributed by atoms with Crippen LogP contribution in [0.2, 0.25) is 0 Å². The lowest BCUT2D eigenvalue weighted by Gasteiger charge is -2.33. The van der Waals surface area contributed by atoms with Crippen molar-refractivity contribution >= 4 is 6.08 Å². The van der Waals surface area contributed by atoms with E-state index in [1.807, 2.05) is 6.07 Å². The van der Waals surface area contributed by atoms with Gasteiger partial charge in [-0.15, -0.1) is 0 Å². The van der Waals surface area contributed by atoms with Gasteiger partial charge < -0.3 is 20.1 Å². The van der Waals surface area contributed by atoms with Gasteiger partial charge in [0.25, 0.3) is 0 Å². The van der Waals surface area contributed by atoms with Crippen LogP contribution in [0.3, 0.4) is 0 Å². The highest BCUT2D eigenvalue weighted by molar-refractivity contribution is 5.48. The van der Waals surface area contributed by atoms with Crippen LogP contribution in [0.1, 0.15) is 18.4 Å². The van der Waals surface area contributed by atoms with Crippen LogP contribution in [0.15, 0.2) is 36.4 Å². The Morgan fingerprint density at radius 3 is 2.73 bits per heavy atom. The van der Waals surface area contributed by atoms with Crippen molar-refractivity contribution in [1.29, 1.82) is 0 Å². The highest BCUT2D eigenvalue weighted by Crippen LogP contribution is 2.11. The van der Waals surface area contributed by atoms with Crippen LogP contribution in [-0.2, 0) is 4.74 Å². The lowest BCUT2D eigenvalue weighted by Crippen LogP contribution is -2.45. The van der Waals surface area contributed by atoms with Crippen molar-refractivity contribution in [2.75, 3.05) is 39.9 Å². The molecule has 1 aromatic carbocycles. The minimum atomic E-state index is -0.372. The first-order valence-electron chi connectivity index (χ1n) is 8.12. The molecule has 1 aromatic rings. The summed E-state index contributed by atoms with van der Waals surface area (Å²) in [5, 5.41) is 13.3. The molecule has 4 heteroatoms. The fourth-order valence-corrected chi connectivity index (χ4v) is 2.86. The van der Waals surface area contributed by atoms with Crippen molar-refractivity contribution in [2.45, 2.75) is 25.0 Å². The van der Waals surface area contributed by atoms with Crippen molar-refractivity contribution in [3.05, 3.63) is 42.0 Å². The number of likely N-dealkylation sites (tertiary alicyclic amines) is 1. The molecule has 0 radical (unpaired) electrons. The minimum absolute atomic E-state index is 0.372. The summed E-state index contributed by atoms with van der Waals surface area (Å²) in [5.41, 5.74) is 1.24. The van der Waals surface area contributed by atoms with Crippen molar-refractivity contribution < 1.29 is 9.84 Å². The lowest BCUT2D eigenvalue weighted by atomic mass is 10.0. The number of hydrogen-bond donors (Lipinski definition) is 2. The van der Waals surface area contributed by atoms with Gasteiger partial charge in [0.05, 0.1) is 12.7 Å². The van der Waals surface area contributed by atoms with Gasteiger partial charge in [-0.1, -0.05) is 42.5 Å². The highest BCUT2D eigenvalue weighted by Gasteiger charge is 2.20. The van der Waals surface area contributed by atoms with Crippen LogP contribution in [0, 0.1) is 0 Å². The summed E-state index contributed by atoms with van der Waals surface area (Å²) >= 11 is 0. The zero-order chi connectivity index (χ0) is 15.6. The van der Waals surface area contributed by atoms with Crippen LogP contribution in [0.4, 0.5) is 0 Å². The third-order valence-electron chi connectivity index (χ3n) is 4.05. The number of ether oxygens (including phenoxy) is 1. The fourth-order valence-electron chi connectivity index (χ4n) is 2.86. The van der Waals surface area contributed by atoms with Gasteiger partial charge >= 0.3 is 0 Å². The molecule has 0 bridgehead atoms. The first-order valence-corrected chi connectivity index (χ1v) is 8.12. The Bertz CT molecular complexity index is 428. The van der Waals surface area contributed by atoms with Gasteiger partial charge in [0.15, 0.2) is 0 Å². The summed E-state index contributed by atoms with van der Waals surface area (Å²) in [7, 11) is 1.63. The average molecular weight is 304 g/mol. The van der Waals surface area contributed by atoms with E-state index < -0.39 is 0 Å². The summed E-state index contributed by atoms with van der Waals surface area (Å²) in [6.45, 7) is 4.13. The predicted octanol–water partition coefficient (Wildman–Crippen LogP) is 1.76. The number of β-amino-alcohol motifs (C(OH)–C–C–N with tert-alkyl or cyclic N) is 1. The highest BCUT2D eigenvalue weighted by atomic mass is 16.5. The van der Waals surface area contributed by atoms with Crippen LogP contribution in [0.5, 0.6) is 0 Å². The number of hydrogen-bond acceptors (Lipinski definition) is 4. The summed E-state index contributed by atoms with van der Waals surface area (Å²) in [5.74, 6) is 0. The van der Waals surface area contributed by atoms with E-state index in [2.05, 4.69) is 46.6 Å². The van der Waals surface area contributed by atoms with E-state index in [1.54, 1.807) is 7.11 Å². The second-order valence-corrected chi connectivity index (χ2v) is 5.91. The Labute approximate surface area is 133 Å². The van der Waals surface area contributed by atoms with E-state index in [1.165, 1.54) is 5.56 Å². The molecule has 4 nitrogen and oxygen atoms in total. The predicted molar refractivity (Wildman–Crippen MR) is 90.8 cm³/mol. The molecular formula is C18H28N2O2. The second kappa shape index (κ2) is 9.74. The molecule has 1 atom stereocenters. The summed E-state index contributed by atoms with van der Waals surface area (Å²) in [6, 6.07) is 11.0. The van der Waals surface area contributed by atoms with E-state index in [0.717, 1.165) is 32.5 Å². The zero-order valence-electron chi connectivity index (χ0n) is 13.4. The molecule has 1 aliphatic rings. The smallest absolute Gasteiger partial charge is 0.0900 e. The molecule has 0 spiro atoms. The van der Waals surface area contributed by atoms with Crippen molar-refractivity contribution in [3.63, 3.8) is 0 Å². The molecule has 2 rings (SSSR count). The van der Waals surface area contributed by atoms with Gasteiger partial charge in [-0.25, -0.2) is 0 Å². The largest absolute Gasteiger partial charge is 0.389 e. The standard InChI is InChI=1S/C18H28N2O2/c1-22-15-18(21)14-20-12-9-17(10-13-20)19-11-5-8-16-6-3-2-4-7-16/h2-8,17-19,21H,9-15H2,1H3/b8-5+. The van der Waals surface area contributed by atoms with Gasteiger partial charge in [-0.05, 0) is 31.5 Å². The maximum Gasteiger partial charge on any atom is 0.0900 e. The molecule has 2 N–H and O–H groups in total. The molecule has 0 saturated carbocycles. The first-order chi connectivity index (χ1) is 10.8. The molecule has 1 saturated heterocycles. The SMILES string of the molecule is COCC(O)CN1CCC(NC/C=C/c2ccccc2)CC1.